The summed E-state index contributed by atoms with van der Waals surface area (Å²) in [5, 5.41) is 9.31. The number of hydrogen-bond donors (Lipinski definition) is 2. The van der Waals surface area contributed by atoms with Gasteiger partial charge in [0, 0.05) is 18.4 Å². The Morgan fingerprint density at radius 3 is 2.81 bits per heavy atom. The second kappa shape index (κ2) is 6.46. The lowest BCUT2D eigenvalue weighted by molar-refractivity contribution is 0.270. The summed E-state index contributed by atoms with van der Waals surface area (Å²) < 4.78 is 34.3. The molecule has 0 spiro atoms. The predicted octanol–water partition coefficient (Wildman–Crippen LogP) is 2.02. The minimum absolute atomic E-state index is 0.151. The van der Waals surface area contributed by atoms with Crippen molar-refractivity contribution in [1.29, 1.82) is 0 Å². The molecule has 2 heterocycles. The van der Waals surface area contributed by atoms with Crippen molar-refractivity contribution in [2.45, 2.75) is 44.4 Å². The number of aliphatic hydroxyl groups excluding tert-OH is 1. The summed E-state index contributed by atoms with van der Waals surface area (Å²) in [6, 6.07) is 4.46. The molecular formula is C14H20N2O4S. The highest BCUT2D eigenvalue weighted by Gasteiger charge is 2.22. The number of aromatic nitrogens is 1. The van der Waals surface area contributed by atoms with E-state index in [1.54, 1.807) is 29.8 Å². The summed E-state index contributed by atoms with van der Waals surface area (Å²) in [6.45, 7) is 4.18. The molecule has 0 saturated carbocycles. The van der Waals surface area contributed by atoms with Crippen LogP contribution in [0.5, 0.6) is 0 Å². The smallest absolute Gasteiger partial charge is 0.242 e. The molecule has 0 bridgehead atoms. The van der Waals surface area contributed by atoms with Crippen LogP contribution >= 0.6 is 0 Å². The molecule has 0 radical (unpaired) electrons. The second-order valence-corrected chi connectivity index (χ2v) is 6.59. The molecule has 0 aromatic carbocycles. The first kappa shape index (κ1) is 15.8. The van der Waals surface area contributed by atoms with E-state index in [0.29, 0.717) is 18.0 Å². The van der Waals surface area contributed by atoms with Crippen LogP contribution in [-0.2, 0) is 23.2 Å². The molecule has 116 valence electrons. The Bertz CT molecular complexity index is 674. The maximum Gasteiger partial charge on any atom is 0.242 e. The third-order valence-corrected chi connectivity index (χ3v) is 4.71. The summed E-state index contributed by atoms with van der Waals surface area (Å²) >= 11 is 0. The highest BCUT2D eigenvalue weighted by molar-refractivity contribution is 7.89. The Balaban J connectivity index is 2.23. The Morgan fingerprint density at radius 2 is 2.24 bits per heavy atom. The number of nitrogens with one attached hydrogen (secondary N) is 1. The molecule has 2 aromatic heterocycles. The molecule has 2 rings (SSSR count). The molecule has 1 unspecified atom stereocenters. The van der Waals surface area contributed by atoms with E-state index in [2.05, 4.69) is 4.72 Å². The average Bonchev–Trinajstić information content (AvgIpc) is 3.08. The second-order valence-electron chi connectivity index (χ2n) is 4.88. The van der Waals surface area contributed by atoms with Crippen LogP contribution in [0.3, 0.4) is 0 Å². The van der Waals surface area contributed by atoms with Crippen molar-refractivity contribution in [2.75, 3.05) is 0 Å². The third kappa shape index (κ3) is 3.55. The van der Waals surface area contributed by atoms with E-state index >= 15 is 0 Å². The van der Waals surface area contributed by atoms with Gasteiger partial charge >= 0.3 is 0 Å². The number of sulfonamides is 1. The SMILES string of the molecule is CCCn1cc(S(=O)(=O)NC(C)c2ccco2)cc1CO. The van der Waals surface area contributed by atoms with Gasteiger partial charge in [-0.25, -0.2) is 13.1 Å². The standard InChI is InChI=1S/C14H20N2O4S/c1-3-6-16-9-13(8-12(16)10-17)21(18,19)15-11(2)14-5-4-7-20-14/h4-5,7-9,11,15,17H,3,6,10H2,1-2H3. The Kier molecular flexibility index (Phi) is 4.87. The highest BCUT2D eigenvalue weighted by atomic mass is 32.2. The molecule has 1 atom stereocenters. The number of hydrogen-bond acceptors (Lipinski definition) is 4. The maximum absolute atomic E-state index is 12.4. The normalized spacial score (nSPS) is 13.5. The lowest BCUT2D eigenvalue weighted by atomic mass is 10.3. The molecule has 0 saturated heterocycles. The first-order valence-electron chi connectivity index (χ1n) is 6.83. The van der Waals surface area contributed by atoms with Gasteiger partial charge in [0.2, 0.25) is 10.0 Å². The maximum atomic E-state index is 12.4. The quantitative estimate of drug-likeness (QED) is 0.819. The largest absolute Gasteiger partial charge is 0.468 e. The van der Waals surface area contributed by atoms with Crippen LogP contribution in [0.25, 0.3) is 0 Å². The summed E-state index contributed by atoms with van der Waals surface area (Å²) in [5.41, 5.74) is 0.586. The van der Waals surface area contributed by atoms with Gasteiger partial charge in [0.05, 0.1) is 23.8 Å². The molecule has 2 aromatic rings. The fourth-order valence-corrected chi connectivity index (χ4v) is 3.42. The summed E-state index contributed by atoms with van der Waals surface area (Å²) in [5.74, 6) is 0.550. The van der Waals surface area contributed by atoms with Crippen molar-refractivity contribution >= 4 is 10.0 Å². The fraction of sp³-hybridized carbons (Fsp3) is 0.429. The first-order valence-corrected chi connectivity index (χ1v) is 8.32. The molecule has 0 aliphatic heterocycles. The zero-order chi connectivity index (χ0) is 15.5. The van der Waals surface area contributed by atoms with Crippen LogP contribution in [0.15, 0.2) is 40.0 Å². The number of aliphatic hydroxyl groups is 1. The van der Waals surface area contributed by atoms with E-state index in [4.69, 9.17) is 4.42 Å². The van der Waals surface area contributed by atoms with Gasteiger partial charge in [-0.2, -0.15) is 0 Å². The average molecular weight is 312 g/mol. The molecule has 0 aliphatic rings. The lowest BCUT2D eigenvalue weighted by Crippen LogP contribution is -2.26. The predicted molar refractivity (Wildman–Crippen MR) is 78.1 cm³/mol. The summed E-state index contributed by atoms with van der Waals surface area (Å²) in [6.07, 6.45) is 3.91. The molecule has 0 fully saturated rings. The van der Waals surface area contributed by atoms with Crippen molar-refractivity contribution in [2.24, 2.45) is 0 Å². The van der Waals surface area contributed by atoms with Crippen LogP contribution in [0.2, 0.25) is 0 Å². The van der Waals surface area contributed by atoms with E-state index in [0.717, 1.165) is 6.42 Å². The molecule has 7 heteroatoms. The van der Waals surface area contributed by atoms with Crippen LogP contribution in [0, 0.1) is 0 Å². The fourth-order valence-electron chi connectivity index (χ4n) is 2.15. The number of rotatable bonds is 7. The molecule has 21 heavy (non-hydrogen) atoms. The highest BCUT2D eigenvalue weighted by Crippen LogP contribution is 2.19. The topological polar surface area (TPSA) is 84.5 Å². The van der Waals surface area contributed by atoms with Gasteiger partial charge in [-0.05, 0) is 31.5 Å². The Hall–Kier alpha value is -1.57. The minimum atomic E-state index is -3.66. The zero-order valence-electron chi connectivity index (χ0n) is 12.1. The van der Waals surface area contributed by atoms with Gasteiger partial charge in [0.25, 0.3) is 0 Å². The van der Waals surface area contributed by atoms with Crippen molar-refractivity contribution in [3.8, 4) is 0 Å². The van der Waals surface area contributed by atoms with E-state index in [9.17, 15) is 13.5 Å². The first-order chi connectivity index (χ1) is 9.97. The van der Waals surface area contributed by atoms with Crippen molar-refractivity contribution < 1.29 is 17.9 Å². The van der Waals surface area contributed by atoms with Gasteiger partial charge in [-0.15, -0.1) is 0 Å². The molecule has 0 aliphatic carbocycles. The van der Waals surface area contributed by atoms with Crippen LogP contribution in [0.1, 0.15) is 37.8 Å². The van der Waals surface area contributed by atoms with Gasteiger partial charge in [0.1, 0.15) is 5.76 Å². The monoisotopic (exact) mass is 312 g/mol. The van der Waals surface area contributed by atoms with E-state index in [-0.39, 0.29) is 11.5 Å². The minimum Gasteiger partial charge on any atom is -0.468 e. The summed E-state index contributed by atoms with van der Waals surface area (Å²) in [7, 11) is -3.66. The lowest BCUT2D eigenvalue weighted by Gasteiger charge is -2.10. The summed E-state index contributed by atoms with van der Waals surface area (Å²) in [4.78, 5) is 0.151. The van der Waals surface area contributed by atoms with Gasteiger partial charge in [0.15, 0.2) is 0 Å². The van der Waals surface area contributed by atoms with Crippen molar-refractivity contribution in [3.63, 3.8) is 0 Å². The van der Waals surface area contributed by atoms with Crippen molar-refractivity contribution in [3.05, 3.63) is 42.1 Å². The van der Waals surface area contributed by atoms with Crippen molar-refractivity contribution in [1.82, 2.24) is 9.29 Å². The Labute approximate surface area is 124 Å². The van der Waals surface area contributed by atoms with Crippen LogP contribution in [-0.4, -0.2) is 18.1 Å². The van der Waals surface area contributed by atoms with Crippen LogP contribution < -0.4 is 4.72 Å². The molecule has 2 N–H and O–H groups in total. The third-order valence-electron chi connectivity index (χ3n) is 3.20. The Morgan fingerprint density at radius 1 is 1.48 bits per heavy atom. The van der Waals surface area contributed by atoms with Gasteiger partial charge in [-0.3, -0.25) is 0 Å². The van der Waals surface area contributed by atoms with Gasteiger partial charge < -0.3 is 14.1 Å². The zero-order valence-corrected chi connectivity index (χ0v) is 12.9. The number of nitrogens with zero attached hydrogens (tertiary/aromatic N) is 1. The number of aryl methyl sites for hydroxylation is 1. The van der Waals surface area contributed by atoms with E-state index < -0.39 is 16.1 Å². The molecule has 0 amide bonds. The van der Waals surface area contributed by atoms with Crippen LogP contribution in [0.4, 0.5) is 0 Å². The molecule has 6 nitrogen and oxygen atoms in total. The molecular weight excluding hydrogens is 292 g/mol. The van der Waals surface area contributed by atoms with E-state index in [1.807, 2.05) is 6.92 Å². The number of furan rings is 1. The van der Waals surface area contributed by atoms with Gasteiger partial charge in [-0.1, -0.05) is 6.92 Å². The van der Waals surface area contributed by atoms with E-state index in [1.165, 1.54) is 12.3 Å².